The number of thiazole rings is 1. The number of benzene rings is 2. The van der Waals surface area contributed by atoms with E-state index in [1.165, 1.54) is 28.4 Å². The highest BCUT2D eigenvalue weighted by Gasteiger charge is 2.36. The first-order valence-corrected chi connectivity index (χ1v) is 9.12. The van der Waals surface area contributed by atoms with Crippen molar-refractivity contribution in [3.05, 3.63) is 53.3 Å². The number of halogens is 2. The highest BCUT2D eigenvalue weighted by molar-refractivity contribution is 7.22. The van der Waals surface area contributed by atoms with Crippen LogP contribution >= 0.6 is 22.9 Å². The highest BCUT2D eigenvalue weighted by atomic mass is 35.5. The molecule has 0 aliphatic carbocycles. The zero-order valence-corrected chi connectivity index (χ0v) is 15.0. The third-order valence-electron chi connectivity index (χ3n) is 4.22. The van der Waals surface area contributed by atoms with Gasteiger partial charge in [-0.2, -0.15) is 0 Å². The Bertz CT molecular complexity index is 1020. The van der Waals surface area contributed by atoms with Crippen LogP contribution in [-0.2, 0) is 9.59 Å². The molecule has 8 heteroatoms. The molecule has 0 radical (unpaired) electrons. The Morgan fingerprint density at radius 3 is 2.92 bits per heavy atom. The van der Waals surface area contributed by atoms with Gasteiger partial charge in [-0.25, -0.2) is 9.37 Å². The summed E-state index contributed by atoms with van der Waals surface area (Å²) in [5.41, 5.74) is 0.938. The first-order valence-electron chi connectivity index (χ1n) is 7.93. The van der Waals surface area contributed by atoms with Crippen molar-refractivity contribution in [2.75, 3.05) is 16.8 Å². The summed E-state index contributed by atoms with van der Waals surface area (Å²) in [5, 5.41) is 3.80. The lowest BCUT2D eigenvalue weighted by molar-refractivity contribution is -0.122. The third kappa shape index (κ3) is 3.15. The standard InChI is InChI=1S/C18H13ClFN3O2S/c19-11-5-6-13-15(8-11)26-18(21-13)22-17(25)10-7-16(24)23(9-10)14-4-2-1-3-12(14)20/h1-6,8,10H,7,9H2,(H,21,22,25)/t10-/m1/s1. The van der Waals surface area contributed by atoms with Gasteiger partial charge in [-0.1, -0.05) is 35.1 Å². The second-order valence-electron chi connectivity index (χ2n) is 5.98. The molecule has 0 saturated carbocycles. The minimum Gasteiger partial charge on any atom is -0.309 e. The number of carbonyl (C=O) groups excluding carboxylic acids is 2. The van der Waals surface area contributed by atoms with Crippen molar-refractivity contribution in [1.82, 2.24) is 4.98 Å². The number of amides is 2. The number of nitrogens with one attached hydrogen (secondary N) is 1. The summed E-state index contributed by atoms with van der Waals surface area (Å²) in [5.74, 6) is -1.61. The molecule has 5 nitrogen and oxygen atoms in total. The lowest BCUT2D eigenvalue weighted by Crippen LogP contribution is -2.28. The molecule has 2 aromatic carbocycles. The molecule has 1 saturated heterocycles. The molecule has 0 spiro atoms. The zero-order chi connectivity index (χ0) is 18.3. The van der Waals surface area contributed by atoms with Crippen LogP contribution in [0.1, 0.15) is 6.42 Å². The summed E-state index contributed by atoms with van der Waals surface area (Å²) in [6, 6.07) is 11.3. The molecule has 1 atom stereocenters. The van der Waals surface area contributed by atoms with Crippen molar-refractivity contribution in [1.29, 1.82) is 0 Å². The Balaban J connectivity index is 1.50. The minimum absolute atomic E-state index is 0.0386. The maximum Gasteiger partial charge on any atom is 0.231 e. The quantitative estimate of drug-likeness (QED) is 0.734. The largest absolute Gasteiger partial charge is 0.309 e. The number of hydrogen-bond acceptors (Lipinski definition) is 4. The fourth-order valence-corrected chi connectivity index (χ4v) is 4.09. The van der Waals surface area contributed by atoms with E-state index in [9.17, 15) is 14.0 Å². The van der Waals surface area contributed by atoms with Crippen LogP contribution in [-0.4, -0.2) is 23.3 Å². The molecule has 0 bridgehead atoms. The number of hydrogen-bond donors (Lipinski definition) is 1. The lowest BCUT2D eigenvalue weighted by Gasteiger charge is -2.17. The smallest absolute Gasteiger partial charge is 0.231 e. The molecule has 1 N–H and O–H groups in total. The van der Waals surface area contributed by atoms with Crippen molar-refractivity contribution in [2.24, 2.45) is 5.92 Å². The Morgan fingerprint density at radius 1 is 1.31 bits per heavy atom. The molecular formula is C18H13ClFN3O2S. The maximum absolute atomic E-state index is 13.9. The topological polar surface area (TPSA) is 62.3 Å². The van der Waals surface area contributed by atoms with Gasteiger partial charge >= 0.3 is 0 Å². The number of fused-ring (bicyclic) bond motifs is 1. The number of anilines is 2. The van der Waals surface area contributed by atoms with Gasteiger partial charge in [0.25, 0.3) is 0 Å². The highest BCUT2D eigenvalue weighted by Crippen LogP contribution is 2.31. The van der Waals surface area contributed by atoms with Crippen molar-refractivity contribution in [3.63, 3.8) is 0 Å². The summed E-state index contributed by atoms with van der Waals surface area (Å²) in [6.45, 7) is 0.141. The summed E-state index contributed by atoms with van der Waals surface area (Å²) in [7, 11) is 0. The molecule has 2 heterocycles. The molecule has 4 rings (SSSR count). The summed E-state index contributed by atoms with van der Waals surface area (Å²) < 4.78 is 14.8. The van der Waals surface area contributed by atoms with Crippen molar-refractivity contribution >= 4 is 55.8 Å². The first kappa shape index (κ1) is 16.9. The Kier molecular flexibility index (Phi) is 4.34. The van der Waals surface area contributed by atoms with E-state index in [1.54, 1.807) is 30.3 Å². The SMILES string of the molecule is O=C(Nc1nc2ccc(Cl)cc2s1)[C@@H]1CC(=O)N(c2ccccc2F)C1. The van der Waals surface area contributed by atoms with Crippen LogP contribution < -0.4 is 10.2 Å². The van der Waals surface area contributed by atoms with E-state index in [0.717, 1.165) is 10.2 Å². The molecule has 2 amide bonds. The van der Waals surface area contributed by atoms with Crippen molar-refractivity contribution in [3.8, 4) is 0 Å². The van der Waals surface area contributed by atoms with Gasteiger partial charge in [-0.3, -0.25) is 9.59 Å². The molecule has 26 heavy (non-hydrogen) atoms. The molecule has 1 aliphatic heterocycles. The van der Waals surface area contributed by atoms with E-state index in [2.05, 4.69) is 10.3 Å². The monoisotopic (exact) mass is 389 g/mol. The number of nitrogens with zero attached hydrogens (tertiary/aromatic N) is 2. The second-order valence-corrected chi connectivity index (χ2v) is 7.44. The number of rotatable bonds is 3. The maximum atomic E-state index is 13.9. The summed E-state index contributed by atoms with van der Waals surface area (Å²) >= 11 is 7.27. The molecule has 0 unspecified atom stereocenters. The average molecular weight is 390 g/mol. The van der Waals surface area contributed by atoms with Gasteiger partial charge < -0.3 is 10.2 Å². The van der Waals surface area contributed by atoms with Crippen LogP contribution in [0.4, 0.5) is 15.2 Å². The van der Waals surface area contributed by atoms with Crippen LogP contribution in [0.15, 0.2) is 42.5 Å². The molecule has 1 fully saturated rings. The molecular weight excluding hydrogens is 377 g/mol. The fraction of sp³-hybridized carbons (Fsp3) is 0.167. The summed E-state index contributed by atoms with van der Waals surface area (Å²) in [4.78, 5) is 30.4. The van der Waals surface area contributed by atoms with Crippen LogP contribution in [0.2, 0.25) is 5.02 Å². The third-order valence-corrected chi connectivity index (χ3v) is 5.39. The van der Waals surface area contributed by atoms with Crippen LogP contribution in [0.5, 0.6) is 0 Å². The Labute approximate surface area is 157 Å². The van der Waals surface area contributed by atoms with Gasteiger partial charge in [0.05, 0.1) is 21.8 Å². The van der Waals surface area contributed by atoms with E-state index in [1.807, 2.05) is 0 Å². The predicted octanol–water partition coefficient (Wildman–Crippen LogP) is 4.08. The van der Waals surface area contributed by atoms with Crippen molar-refractivity contribution < 1.29 is 14.0 Å². The van der Waals surface area contributed by atoms with E-state index in [0.29, 0.717) is 10.2 Å². The Morgan fingerprint density at radius 2 is 2.12 bits per heavy atom. The number of aromatic nitrogens is 1. The summed E-state index contributed by atoms with van der Waals surface area (Å²) in [6.07, 6.45) is 0.0386. The zero-order valence-electron chi connectivity index (χ0n) is 13.4. The second kappa shape index (κ2) is 6.66. The minimum atomic E-state index is -0.558. The normalized spacial score (nSPS) is 17.1. The van der Waals surface area contributed by atoms with E-state index >= 15 is 0 Å². The van der Waals surface area contributed by atoms with Gasteiger partial charge in [0.15, 0.2) is 5.13 Å². The average Bonchev–Trinajstić information content (AvgIpc) is 3.18. The van der Waals surface area contributed by atoms with Crippen molar-refractivity contribution in [2.45, 2.75) is 6.42 Å². The van der Waals surface area contributed by atoms with Crippen LogP contribution in [0.3, 0.4) is 0 Å². The lowest BCUT2D eigenvalue weighted by atomic mass is 10.1. The first-order chi connectivity index (χ1) is 12.5. The van der Waals surface area contributed by atoms with E-state index in [4.69, 9.17) is 11.6 Å². The fourth-order valence-electron chi connectivity index (χ4n) is 2.95. The number of carbonyl (C=O) groups is 2. The van der Waals surface area contributed by atoms with Gasteiger partial charge in [0.1, 0.15) is 5.82 Å². The predicted molar refractivity (Wildman–Crippen MR) is 100 cm³/mol. The van der Waals surface area contributed by atoms with Gasteiger partial charge in [0.2, 0.25) is 11.8 Å². The molecule has 1 aromatic heterocycles. The van der Waals surface area contributed by atoms with Gasteiger partial charge in [-0.15, -0.1) is 0 Å². The van der Waals surface area contributed by atoms with E-state index < -0.39 is 11.7 Å². The Hall–Kier alpha value is -2.51. The molecule has 3 aromatic rings. The van der Waals surface area contributed by atoms with Gasteiger partial charge in [-0.05, 0) is 30.3 Å². The number of para-hydroxylation sites is 1. The van der Waals surface area contributed by atoms with Gasteiger partial charge in [0, 0.05) is 18.0 Å². The van der Waals surface area contributed by atoms with Crippen LogP contribution in [0.25, 0.3) is 10.2 Å². The molecule has 132 valence electrons. The van der Waals surface area contributed by atoms with E-state index in [-0.39, 0.29) is 30.5 Å². The molecule has 1 aliphatic rings. The van der Waals surface area contributed by atoms with Crippen LogP contribution in [0, 0.1) is 11.7 Å².